The number of likely N-dealkylation sites (tertiary alicyclic amines) is 2. The summed E-state index contributed by atoms with van der Waals surface area (Å²) in [5.74, 6) is 0.444. The van der Waals surface area contributed by atoms with Crippen LogP contribution in [-0.4, -0.2) is 53.8 Å². The number of hydrogen-bond acceptors (Lipinski definition) is 4. The largest absolute Gasteiger partial charge is 0.469 e. The maximum Gasteiger partial charge on any atom is 0.259 e. The number of carbonyl (C=O) groups is 2. The highest BCUT2D eigenvalue weighted by Crippen LogP contribution is 2.22. The first kappa shape index (κ1) is 18.7. The second kappa shape index (κ2) is 8.19. The lowest BCUT2D eigenvalue weighted by atomic mass is 10.0. The van der Waals surface area contributed by atoms with Gasteiger partial charge in [0.25, 0.3) is 11.8 Å². The second-order valence-electron chi connectivity index (χ2n) is 7.69. The lowest BCUT2D eigenvalue weighted by Gasteiger charge is -2.36. The zero-order valence-corrected chi connectivity index (χ0v) is 16.3. The molecule has 2 aliphatic rings. The molecule has 2 aliphatic heterocycles. The Hall–Kier alpha value is -2.60. The van der Waals surface area contributed by atoms with Crippen molar-refractivity contribution in [2.75, 3.05) is 31.5 Å². The average Bonchev–Trinajstić information content (AvgIpc) is 3.40. The summed E-state index contributed by atoms with van der Waals surface area (Å²) in [7, 11) is 0. The van der Waals surface area contributed by atoms with Crippen LogP contribution in [0.5, 0.6) is 0 Å². The summed E-state index contributed by atoms with van der Waals surface area (Å²) < 4.78 is 5.17. The zero-order valence-electron chi connectivity index (χ0n) is 16.3. The molecule has 1 aromatic heterocycles. The summed E-state index contributed by atoms with van der Waals surface area (Å²) in [6.07, 6.45) is 6.23. The normalized spacial score (nSPS) is 18.4. The van der Waals surface area contributed by atoms with E-state index in [-0.39, 0.29) is 11.8 Å². The van der Waals surface area contributed by atoms with Crippen molar-refractivity contribution < 1.29 is 14.0 Å². The van der Waals surface area contributed by atoms with Gasteiger partial charge in [-0.1, -0.05) is 0 Å². The number of benzene rings is 1. The van der Waals surface area contributed by atoms with Crippen molar-refractivity contribution in [2.45, 2.75) is 38.6 Å². The van der Waals surface area contributed by atoms with Crippen LogP contribution >= 0.6 is 0 Å². The maximum absolute atomic E-state index is 12.8. The van der Waals surface area contributed by atoms with Crippen molar-refractivity contribution in [1.29, 1.82) is 0 Å². The van der Waals surface area contributed by atoms with Gasteiger partial charge in [0.2, 0.25) is 0 Å². The van der Waals surface area contributed by atoms with Crippen LogP contribution in [0.25, 0.3) is 0 Å². The highest BCUT2D eigenvalue weighted by atomic mass is 16.3. The van der Waals surface area contributed by atoms with E-state index in [4.69, 9.17) is 4.42 Å². The number of furan rings is 1. The van der Waals surface area contributed by atoms with Gasteiger partial charge in [0, 0.05) is 30.4 Å². The average molecular weight is 381 g/mol. The Morgan fingerprint density at radius 2 is 1.68 bits per heavy atom. The van der Waals surface area contributed by atoms with Crippen LogP contribution in [0, 0.1) is 6.92 Å². The molecule has 0 unspecified atom stereocenters. The third-order valence-corrected chi connectivity index (χ3v) is 5.90. The predicted octanol–water partition coefficient (Wildman–Crippen LogP) is 3.54. The summed E-state index contributed by atoms with van der Waals surface area (Å²) in [5, 5.41) is 2.84. The van der Waals surface area contributed by atoms with Crippen molar-refractivity contribution in [3.05, 3.63) is 53.5 Å². The Kier molecular flexibility index (Phi) is 5.48. The minimum absolute atomic E-state index is 0.0726. The van der Waals surface area contributed by atoms with Crippen LogP contribution < -0.4 is 5.32 Å². The van der Waals surface area contributed by atoms with Gasteiger partial charge in [0.15, 0.2) is 0 Å². The van der Waals surface area contributed by atoms with Crippen LogP contribution in [0.15, 0.2) is 41.0 Å². The number of hydrogen-bond donors (Lipinski definition) is 1. The molecule has 28 heavy (non-hydrogen) atoms. The van der Waals surface area contributed by atoms with Crippen LogP contribution in [0.2, 0.25) is 0 Å². The van der Waals surface area contributed by atoms with Gasteiger partial charge in [-0.3, -0.25) is 9.59 Å². The standard InChI is InChI=1S/C22H27N3O3/c1-16-20(10-15-28-16)21(26)23-18-6-4-17(5-7-18)22(27)25-13-8-19(9-14-25)24-11-2-3-12-24/h4-7,10,15,19H,2-3,8-9,11-14H2,1H3,(H,23,26). The van der Waals surface area contributed by atoms with Crippen molar-refractivity contribution in [1.82, 2.24) is 9.80 Å². The minimum Gasteiger partial charge on any atom is -0.469 e. The molecule has 2 saturated heterocycles. The summed E-state index contributed by atoms with van der Waals surface area (Å²) >= 11 is 0. The van der Waals surface area contributed by atoms with Crippen LogP contribution in [0.3, 0.4) is 0 Å². The van der Waals surface area contributed by atoms with Gasteiger partial charge in [-0.15, -0.1) is 0 Å². The van der Waals surface area contributed by atoms with E-state index in [0.717, 1.165) is 25.9 Å². The molecule has 6 heteroatoms. The van der Waals surface area contributed by atoms with Gasteiger partial charge in [-0.05, 0) is 76.0 Å². The molecule has 1 N–H and O–H groups in total. The maximum atomic E-state index is 12.8. The summed E-state index contributed by atoms with van der Waals surface area (Å²) in [4.78, 5) is 29.6. The topological polar surface area (TPSA) is 65.8 Å². The number of nitrogens with zero attached hydrogens (tertiary/aromatic N) is 2. The Morgan fingerprint density at radius 3 is 2.29 bits per heavy atom. The van der Waals surface area contributed by atoms with Crippen molar-refractivity contribution in [2.24, 2.45) is 0 Å². The van der Waals surface area contributed by atoms with E-state index in [1.54, 1.807) is 37.3 Å². The van der Waals surface area contributed by atoms with Gasteiger partial charge >= 0.3 is 0 Å². The number of nitrogens with one attached hydrogen (secondary N) is 1. The molecule has 2 aromatic rings. The van der Waals surface area contributed by atoms with Crippen LogP contribution in [0.1, 0.15) is 52.2 Å². The van der Waals surface area contributed by atoms with E-state index in [2.05, 4.69) is 10.2 Å². The number of rotatable bonds is 4. The van der Waals surface area contributed by atoms with Gasteiger partial charge in [-0.25, -0.2) is 0 Å². The van der Waals surface area contributed by atoms with E-state index in [1.165, 1.54) is 32.2 Å². The Balaban J connectivity index is 1.33. The van der Waals surface area contributed by atoms with Crippen molar-refractivity contribution >= 4 is 17.5 Å². The molecule has 4 rings (SSSR count). The van der Waals surface area contributed by atoms with E-state index < -0.39 is 0 Å². The minimum atomic E-state index is -0.214. The highest BCUT2D eigenvalue weighted by Gasteiger charge is 2.28. The third kappa shape index (κ3) is 3.97. The molecule has 6 nitrogen and oxygen atoms in total. The summed E-state index contributed by atoms with van der Waals surface area (Å²) in [6, 6.07) is 9.40. The Labute approximate surface area is 165 Å². The fourth-order valence-electron chi connectivity index (χ4n) is 4.24. The van der Waals surface area contributed by atoms with Gasteiger partial charge < -0.3 is 19.5 Å². The summed E-state index contributed by atoms with van der Waals surface area (Å²) in [6.45, 7) is 5.81. The number of anilines is 1. The van der Waals surface area contributed by atoms with E-state index in [1.807, 2.05) is 4.90 Å². The van der Waals surface area contributed by atoms with Gasteiger partial charge in [0.1, 0.15) is 5.76 Å². The van der Waals surface area contributed by atoms with Gasteiger partial charge in [-0.2, -0.15) is 0 Å². The Bertz CT molecular complexity index is 829. The number of aryl methyl sites for hydroxylation is 1. The first-order valence-electron chi connectivity index (χ1n) is 10.1. The second-order valence-corrected chi connectivity index (χ2v) is 7.69. The number of amides is 2. The first-order valence-corrected chi connectivity index (χ1v) is 10.1. The third-order valence-electron chi connectivity index (χ3n) is 5.90. The smallest absolute Gasteiger partial charge is 0.259 e. The SMILES string of the molecule is Cc1occc1C(=O)Nc1ccc(C(=O)N2CCC(N3CCCC3)CC2)cc1. The quantitative estimate of drug-likeness (QED) is 0.880. The summed E-state index contributed by atoms with van der Waals surface area (Å²) in [5.41, 5.74) is 1.84. The molecule has 0 spiro atoms. The molecule has 0 aliphatic carbocycles. The zero-order chi connectivity index (χ0) is 19.5. The fourth-order valence-corrected chi connectivity index (χ4v) is 4.24. The Morgan fingerprint density at radius 1 is 1.00 bits per heavy atom. The molecular weight excluding hydrogens is 354 g/mol. The first-order chi connectivity index (χ1) is 13.6. The lowest BCUT2D eigenvalue weighted by Crippen LogP contribution is -2.45. The number of carbonyl (C=O) groups excluding carboxylic acids is 2. The lowest BCUT2D eigenvalue weighted by molar-refractivity contribution is 0.0644. The molecule has 2 amide bonds. The van der Waals surface area contributed by atoms with Gasteiger partial charge in [0.05, 0.1) is 11.8 Å². The molecule has 148 valence electrons. The number of piperidine rings is 1. The highest BCUT2D eigenvalue weighted by molar-refractivity contribution is 6.05. The van der Waals surface area contributed by atoms with Crippen molar-refractivity contribution in [3.8, 4) is 0 Å². The monoisotopic (exact) mass is 381 g/mol. The predicted molar refractivity (Wildman–Crippen MR) is 108 cm³/mol. The molecule has 2 fully saturated rings. The molecule has 0 saturated carbocycles. The molecule has 0 bridgehead atoms. The molecule has 0 radical (unpaired) electrons. The van der Waals surface area contributed by atoms with Crippen molar-refractivity contribution in [3.63, 3.8) is 0 Å². The molecule has 3 heterocycles. The fraction of sp³-hybridized carbons (Fsp3) is 0.455. The van der Waals surface area contributed by atoms with E-state index in [9.17, 15) is 9.59 Å². The van der Waals surface area contributed by atoms with Crippen LogP contribution in [0.4, 0.5) is 5.69 Å². The molecule has 0 atom stereocenters. The van der Waals surface area contributed by atoms with Crippen LogP contribution in [-0.2, 0) is 0 Å². The van der Waals surface area contributed by atoms with E-state index in [0.29, 0.717) is 28.6 Å². The molecule has 1 aromatic carbocycles. The molecular formula is C22H27N3O3. The van der Waals surface area contributed by atoms with E-state index >= 15 is 0 Å².